The standard InChI is InChI=1S/C11H10ClN3/c12-9(5-13)11(14)8-6-15-10-4-2-1-3-7(8)10/h1-6,9,13-15H. The summed E-state index contributed by atoms with van der Waals surface area (Å²) in [6.07, 6.45) is 2.82. The molecule has 1 atom stereocenters. The van der Waals surface area contributed by atoms with E-state index in [0.717, 1.165) is 22.7 Å². The molecule has 0 fully saturated rings. The molecule has 15 heavy (non-hydrogen) atoms. The Balaban J connectivity index is 2.53. The highest BCUT2D eigenvalue weighted by molar-refractivity contribution is 6.43. The Morgan fingerprint density at radius 2 is 2.13 bits per heavy atom. The first-order chi connectivity index (χ1) is 7.24. The molecule has 0 aliphatic heterocycles. The van der Waals surface area contributed by atoms with E-state index >= 15 is 0 Å². The van der Waals surface area contributed by atoms with Gasteiger partial charge in [-0.1, -0.05) is 18.2 Å². The summed E-state index contributed by atoms with van der Waals surface area (Å²) in [6.45, 7) is 0. The molecule has 1 aromatic heterocycles. The number of fused-ring (bicyclic) bond motifs is 1. The van der Waals surface area contributed by atoms with E-state index in [1.807, 2.05) is 24.3 Å². The first-order valence-electron chi connectivity index (χ1n) is 4.53. The van der Waals surface area contributed by atoms with E-state index in [-0.39, 0.29) is 5.71 Å². The molecule has 3 N–H and O–H groups in total. The van der Waals surface area contributed by atoms with Crippen molar-refractivity contribution in [3.05, 3.63) is 36.0 Å². The number of nitrogens with one attached hydrogen (secondary N) is 3. The van der Waals surface area contributed by atoms with E-state index in [2.05, 4.69) is 4.98 Å². The fraction of sp³-hybridized carbons (Fsp3) is 0.0909. The SMILES string of the molecule is N=CC(Cl)C(=N)c1c[nH]c2ccccc12. The summed E-state index contributed by atoms with van der Waals surface area (Å²) >= 11 is 5.83. The van der Waals surface area contributed by atoms with Gasteiger partial charge in [-0.3, -0.25) is 0 Å². The maximum absolute atomic E-state index is 7.83. The van der Waals surface area contributed by atoms with Crippen LogP contribution < -0.4 is 0 Å². The average molecular weight is 220 g/mol. The van der Waals surface area contributed by atoms with Crippen LogP contribution >= 0.6 is 11.6 Å². The second-order valence-corrected chi connectivity index (χ2v) is 3.70. The molecule has 76 valence electrons. The number of alkyl halides is 1. The molecular formula is C11H10ClN3. The van der Waals surface area contributed by atoms with Crippen molar-refractivity contribution in [2.75, 3.05) is 0 Å². The summed E-state index contributed by atoms with van der Waals surface area (Å²) in [6, 6.07) is 7.73. The van der Waals surface area contributed by atoms with Crippen molar-refractivity contribution >= 4 is 34.4 Å². The molecule has 1 aromatic carbocycles. The largest absolute Gasteiger partial charge is 0.360 e. The molecule has 3 nitrogen and oxygen atoms in total. The molecule has 0 saturated heterocycles. The zero-order valence-electron chi connectivity index (χ0n) is 7.92. The van der Waals surface area contributed by atoms with Crippen LogP contribution in [0.25, 0.3) is 10.9 Å². The van der Waals surface area contributed by atoms with E-state index in [1.165, 1.54) is 0 Å². The Kier molecular flexibility index (Phi) is 2.56. The molecule has 0 spiro atoms. The highest BCUT2D eigenvalue weighted by atomic mass is 35.5. The van der Waals surface area contributed by atoms with E-state index in [0.29, 0.717) is 0 Å². The van der Waals surface area contributed by atoms with Gasteiger partial charge in [-0.15, -0.1) is 11.6 Å². The normalized spacial score (nSPS) is 12.6. The predicted octanol–water partition coefficient (Wildman–Crippen LogP) is 2.79. The Bertz CT molecular complexity index is 515. The van der Waals surface area contributed by atoms with Crippen LogP contribution in [0.3, 0.4) is 0 Å². The summed E-state index contributed by atoms with van der Waals surface area (Å²) in [5.41, 5.74) is 1.99. The van der Waals surface area contributed by atoms with Crippen LogP contribution in [-0.4, -0.2) is 22.3 Å². The zero-order valence-corrected chi connectivity index (χ0v) is 8.68. The third-order valence-electron chi connectivity index (χ3n) is 2.30. The minimum atomic E-state index is -0.663. The van der Waals surface area contributed by atoms with Crippen molar-refractivity contribution in [3.63, 3.8) is 0 Å². The van der Waals surface area contributed by atoms with Crippen molar-refractivity contribution in [2.24, 2.45) is 0 Å². The molecule has 2 rings (SSSR count). The zero-order chi connectivity index (χ0) is 10.8. The van der Waals surface area contributed by atoms with Gasteiger partial charge in [0.25, 0.3) is 0 Å². The molecule has 0 amide bonds. The lowest BCUT2D eigenvalue weighted by Crippen LogP contribution is -2.15. The topological polar surface area (TPSA) is 63.5 Å². The number of rotatable bonds is 3. The number of hydrogen-bond acceptors (Lipinski definition) is 2. The summed E-state index contributed by atoms with van der Waals surface area (Å²) in [4.78, 5) is 3.07. The summed E-state index contributed by atoms with van der Waals surface area (Å²) in [7, 11) is 0. The van der Waals surface area contributed by atoms with Gasteiger partial charge in [0.15, 0.2) is 0 Å². The maximum atomic E-state index is 7.83. The van der Waals surface area contributed by atoms with Gasteiger partial charge in [0.2, 0.25) is 0 Å². The van der Waals surface area contributed by atoms with Crippen molar-refractivity contribution in [1.82, 2.24) is 4.98 Å². The maximum Gasteiger partial charge on any atom is 0.110 e. The second kappa shape index (κ2) is 3.87. The number of aromatic nitrogens is 1. The number of benzene rings is 1. The molecule has 0 saturated carbocycles. The van der Waals surface area contributed by atoms with Crippen LogP contribution in [-0.2, 0) is 0 Å². The van der Waals surface area contributed by atoms with Gasteiger partial charge in [0.1, 0.15) is 5.38 Å². The number of halogens is 1. The molecular weight excluding hydrogens is 210 g/mol. The van der Waals surface area contributed by atoms with E-state index < -0.39 is 5.38 Å². The fourth-order valence-electron chi connectivity index (χ4n) is 1.53. The monoisotopic (exact) mass is 219 g/mol. The lowest BCUT2D eigenvalue weighted by atomic mass is 10.1. The molecule has 0 aliphatic rings. The van der Waals surface area contributed by atoms with Gasteiger partial charge in [0.05, 0.1) is 5.71 Å². The number of aromatic amines is 1. The van der Waals surface area contributed by atoms with Gasteiger partial charge in [-0.2, -0.15) is 0 Å². The van der Waals surface area contributed by atoms with Crippen molar-refractivity contribution in [2.45, 2.75) is 5.38 Å². The lowest BCUT2D eigenvalue weighted by Gasteiger charge is -2.03. The van der Waals surface area contributed by atoms with Crippen LogP contribution in [0, 0.1) is 10.8 Å². The van der Waals surface area contributed by atoms with Gasteiger partial charge in [-0.25, -0.2) is 0 Å². The van der Waals surface area contributed by atoms with Gasteiger partial charge >= 0.3 is 0 Å². The molecule has 0 radical (unpaired) electrons. The predicted molar refractivity (Wildman–Crippen MR) is 63.6 cm³/mol. The summed E-state index contributed by atoms with van der Waals surface area (Å²) in [5.74, 6) is 0. The van der Waals surface area contributed by atoms with Crippen LogP contribution in [0.15, 0.2) is 30.5 Å². The highest BCUT2D eigenvalue weighted by Crippen LogP contribution is 2.19. The highest BCUT2D eigenvalue weighted by Gasteiger charge is 2.14. The minimum Gasteiger partial charge on any atom is -0.360 e. The lowest BCUT2D eigenvalue weighted by molar-refractivity contribution is 1.38. The van der Waals surface area contributed by atoms with Crippen LogP contribution in [0.1, 0.15) is 5.56 Å². The summed E-state index contributed by atoms with van der Waals surface area (Å²) in [5, 5.41) is 15.2. The van der Waals surface area contributed by atoms with Crippen molar-refractivity contribution in [3.8, 4) is 0 Å². The third kappa shape index (κ3) is 1.66. The van der Waals surface area contributed by atoms with Crippen molar-refractivity contribution < 1.29 is 0 Å². The van der Waals surface area contributed by atoms with E-state index in [4.69, 9.17) is 22.4 Å². The van der Waals surface area contributed by atoms with Crippen LogP contribution in [0.5, 0.6) is 0 Å². The minimum absolute atomic E-state index is 0.254. The first-order valence-corrected chi connectivity index (χ1v) is 4.97. The van der Waals surface area contributed by atoms with E-state index in [9.17, 15) is 0 Å². The second-order valence-electron chi connectivity index (χ2n) is 3.23. The van der Waals surface area contributed by atoms with Crippen molar-refractivity contribution in [1.29, 1.82) is 10.8 Å². The Labute approximate surface area is 92.1 Å². The van der Waals surface area contributed by atoms with Gasteiger partial charge in [-0.05, 0) is 6.07 Å². The Hall–Kier alpha value is -1.61. The molecule has 0 aliphatic carbocycles. The first kappa shape index (κ1) is 9.93. The van der Waals surface area contributed by atoms with E-state index in [1.54, 1.807) is 6.20 Å². The Morgan fingerprint density at radius 1 is 1.40 bits per heavy atom. The molecule has 2 aromatic rings. The van der Waals surface area contributed by atoms with Gasteiger partial charge < -0.3 is 15.8 Å². The quantitative estimate of drug-likeness (QED) is 0.525. The van der Waals surface area contributed by atoms with Crippen LogP contribution in [0.2, 0.25) is 0 Å². The number of hydrogen-bond donors (Lipinski definition) is 3. The number of H-pyrrole nitrogens is 1. The molecule has 1 heterocycles. The molecule has 4 heteroatoms. The summed E-state index contributed by atoms with van der Waals surface area (Å²) < 4.78 is 0. The van der Waals surface area contributed by atoms with Crippen LogP contribution in [0.4, 0.5) is 0 Å². The fourth-order valence-corrected chi connectivity index (χ4v) is 1.64. The third-order valence-corrected chi connectivity index (χ3v) is 2.65. The average Bonchev–Trinajstić information content (AvgIpc) is 2.70. The Morgan fingerprint density at radius 3 is 2.87 bits per heavy atom. The molecule has 0 bridgehead atoms. The van der Waals surface area contributed by atoms with Gasteiger partial charge in [0, 0.05) is 28.9 Å². The molecule has 1 unspecified atom stereocenters. The number of para-hydroxylation sites is 1. The smallest absolute Gasteiger partial charge is 0.110 e.